The van der Waals surface area contributed by atoms with Gasteiger partial charge in [-0.25, -0.2) is 0 Å². The summed E-state index contributed by atoms with van der Waals surface area (Å²) in [5, 5.41) is 4.21. The number of hydrogen-bond donors (Lipinski definition) is 1. The molecule has 1 aromatic carbocycles. The monoisotopic (exact) mass is 255 g/mol. The van der Waals surface area contributed by atoms with Gasteiger partial charge in [-0.05, 0) is 57.5 Å². The summed E-state index contributed by atoms with van der Waals surface area (Å²) in [5.74, 6) is 0.879. The highest BCUT2D eigenvalue weighted by Gasteiger charge is 2.13. The van der Waals surface area contributed by atoms with Gasteiger partial charge in [0.25, 0.3) is 0 Å². The number of halogens is 1. The molecule has 0 aliphatic rings. The van der Waals surface area contributed by atoms with Gasteiger partial charge in [0.05, 0.1) is 0 Å². The number of nitrogens with one attached hydrogen (secondary N) is 1. The molecule has 0 saturated heterocycles. The van der Waals surface area contributed by atoms with Crippen LogP contribution in [-0.2, 0) is 0 Å². The molecule has 2 nitrogen and oxygen atoms in total. The smallest absolute Gasteiger partial charge is 0.120 e. The summed E-state index contributed by atoms with van der Waals surface area (Å²) in [7, 11) is 0. The molecular weight excluding hydrogens is 234 g/mol. The first-order valence-electron chi connectivity index (χ1n) is 6.20. The Labute approximate surface area is 109 Å². The Morgan fingerprint density at radius 2 is 2.06 bits per heavy atom. The summed E-state index contributed by atoms with van der Waals surface area (Å²) in [6, 6.07) is 6.11. The molecular formula is C14H22ClNO. The van der Waals surface area contributed by atoms with Gasteiger partial charge in [-0.3, -0.25) is 0 Å². The Balaban J connectivity index is 2.55. The number of ether oxygens (including phenoxy) is 1. The lowest BCUT2D eigenvalue weighted by Crippen LogP contribution is -2.39. The van der Waals surface area contributed by atoms with Crippen LogP contribution in [0.4, 0.5) is 0 Å². The van der Waals surface area contributed by atoms with Crippen molar-refractivity contribution in [2.24, 2.45) is 0 Å². The Morgan fingerprint density at radius 3 is 2.65 bits per heavy atom. The van der Waals surface area contributed by atoms with Gasteiger partial charge in [-0.1, -0.05) is 18.5 Å². The van der Waals surface area contributed by atoms with E-state index >= 15 is 0 Å². The number of rotatable bonds is 6. The molecule has 2 atom stereocenters. The molecule has 0 saturated carbocycles. The minimum Gasteiger partial charge on any atom is -0.489 e. The topological polar surface area (TPSA) is 21.3 Å². The molecule has 3 heteroatoms. The summed E-state index contributed by atoms with van der Waals surface area (Å²) in [4.78, 5) is 0. The predicted molar refractivity (Wildman–Crippen MR) is 74.0 cm³/mol. The van der Waals surface area contributed by atoms with Crippen molar-refractivity contribution in [3.63, 3.8) is 0 Å². The third-order valence-corrected chi connectivity index (χ3v) is 3.30. The van der Waals surface area contributed by atoms with Gasteiger partial charge < -0.3 is 10.1 Å². The molecule has 0 aliphatic carbocycles. The van der Waals surface area contributed by atoms with Crippen molar-refractivity contribution in [2.75, 3.05) is 6.54 Å². The van der Waals surface area contributed by atoms with Gasteiger partial charge >= 0.3 is 0 Å². The van der Waals surface area contributed by atoms with Crippen LogP contribution in [0.5, 0.6) is 5.75 Å². The maximum Gasteiger partial charge on any atom is 0.120 e. The van der Waals surface area contributed by atoms with Gasteiger partial charge in [0, 0.05) is 11.1 Å². The second-order valence-electron chi connectivity index (χ2n) is 4.48. The third kappa shape index (κ3) is 4.57. The molecule has 17 heavy (non-hydrogen) atoms. The first kappa shape index (κ1) is 14.3. The van der Waals surface area contributed by atoms with Crippen molar-refractivity contribution < 1.29 is 4.74 Å². The minimum absolute atomic E-state index is 0.141. The molecule has 1 aromatic rings. The van der Waals surface area contributed by atoms with Gasteiger partial charge in [-0.2, -0.15) is 0 Å². The molecule has 0 aromatic heterocycles. The Hall–Kier alpha value is -0.730. The molecule has 0 aliphatic heterocycles. The molecule has 0 amide bonds. The summed E-state index contributed by atoms with van der Waals surface area (Å²) in [6.07, 6.45) is 1.28. The normalized spacial score (nSPS) is 14.4. The molecule has 0 heterocycles. The number of hydrogen-bond acceptors (Lipinski definition) is 2. The minimum atomic E-state index is 0.141. The first-order valence-corrected chi connectivity index (χ1v) is 6.58. The van der Waals surface area contributed by atoms with E-state index in [0.29, 0.717) is 6.04 Å². The van der Waals surface area contributed by atoms with E-state index in [-0.39, 0.29) is 6.10 Å². The van der Waals surface area contributed by atoms with Crippen molar-refractivity contribution >= 4 is 11.6 Å². The van der Waals surface area contributed by atoms with Gasteiger partial charge in [0.1, 0.15) is 11.9 Å². The van der Waals surface area contributed by atoms with E-state index in [9.17, 15) is 0 Å². The highest BCUT2D eigenvalue weighted by Crippen LogP contribution is 2.22. The molecule has 0 radical (unpaired) electrons. The second-order valence-corrected chi connectivity index (χ2v) is 4.88. The average Bonchev–Trinajstić information content (AvgIpc) is 2.30. The van der Waals surface area contributed by atoms with Crippen molar-refractivity contribution in [2.45, 2.75) is 46.3 Å². The Morgan fingerprint density at radius 1 is 1.35 bits per heavy atom. The van der Waals surface area contributed by atoms with Crippen LogP contribution in [0.1, 0.15) is 32.8 Å². The van der Waals surface area contributed by atoms with Gasteiger partial charge in [-0.15, -0.1) is 0 Å². The summed E-state index contributed by atoms with van der Waals surface area (Å²) in [5.41, 5.74) is 1.05. The van der Waals surface area contributed by atoms with Crippen molar-refractivity contribution in [1.29, 1.82) is 0 Å². The summed E-state index contributed by atoms with van der Waals surface area (Å²) >= 11 is 5.98. The van der Waals surface area contributed by atoms with Crippen LogP contribution >= 0.6 is 11.6 Å². The molecule has 0 fully saturated rings. The molecule has 96 valence electrons. The quantitative estimate of drug-likeness (QED) is 0.835. The van der Waals surface area contributed by atoms with Crippen molar-refractivity contribution in [3.8, 4) is 5.75 Å². The van der Waals surface area contributed by atoms with Crippen LogP contribution in [0.3, 0.4) is 0 Å². The molecule has 0 spiro atoms. The lowest BCUT2D eigenvalue weighted by molar-refractivity contribution is 0.178. The van der Waals surface area contributed by atoms with Crippen LogP contribution in [0, 0.1) is 6.92 Å². The third-order valence-electron chi connectivity index (χ3n) is 2.87. The van der Waals surface area contributed by atoms with Crippen LogP contribution in [0.25, 0.3) is 0 Å². The van der Waals surface area contributed by atoms with Gasteiger partial charge in [0.15, 0.2) is 0 Å². The second kappa shape index (κ2) is 6.87. The lowest BCUT2D eigenvalue weighted by atomic mass is 10.2. The maximum atomic E-state index is 5.98. The maximum absolute atomic E-state index is 5.98. The zero-order chi connectivity index (χ0) is 12.8. The highest BCUT2D eigenvalue weighted by molar-refractivity contribution is 6.31. The van der Waals surface area contributed by atoms with Crippen LogP contribution in [-0.4, -0.2) is 18.7 Å². The fraction of sp³-hybridized carbons (Fsp3) is 0.571. The van der Waals surface area contributed by atoms with E-state index in [1.165, 1.54) is 0 Å². The van der Waals surface area contributed by atoms with E-state index in [1.807, 2.05) is 25.1 Å². The molecule has 2 unspecified atom stereocenters. The largest absolute Gasteiger partial charge is 0.489 e. The molecule has 0 bridgehead atoms. The van der Waals surface area contributed by atoms with E-state index in [2.05, 4.69) is 26.1 Å². The zero-order valence-electron chi connectivity index (χ0n) is 11.1. The van der Waals surface area contributed by atoms with E-state index in [4.69, 9.17) is 16.3 Å². The number of aryl methyl sites for hydroxylation is 1. The van der Waals surface area contributed by atoms with Crippen LogP contribution < -0.4 is 10.1 Å². The SMILES string of the molecule is CCCNC(C)C(C)Oc1ccc(Cl)c(C)c1. The van der Waals surface area contributed by atoms with Crippen molar-refractivity contribution in [3.05, 3.63) is 28.8 Å². The average molecular weight is 256 g/mol. The van der Waals surface area contributed by atoms with E-state index in [1.54, 1.807) is 0 Å². The Kier molecular flexibility index (Phi) is 5.79. The highest BCUT2D eigenvalue weighted by atomic mass is 35.5. The van der Waals surface area contributed by atoms with Gasteiger partial charge in [0.2, 0.25) is 0 Å². The lowest BCUT2D eigenvalue weighted by Gasteiger charge is -2.22. The first-order chi connectivity index (χ1) is 8.04. The Bertz CT molecular complexity index is 354. The predicted octanol–water partition coefficient (Wildman–Crippen LogP) is 3.80. The van der Waals surface area contributed by atoms with E-state index < -0.39 is 0 Å². The van der Waals surface area contributed by atoms with E-state index in [0.717, 1.165) is 29.3 Å². The number of benzene rings is 1. The fourth-order valence-electron chi connectivity index (χ4n) is 1.55. The summed E-state index contributed by atoms with van der Waals surface area (Å²) < 4.78 is 5.89. The zero-order valence-corrected chi connectivity index (χ0v) is 11.8. The summed E-state index contributed by atoms with van der Waals surface area (Å²) in [6.45, 7) is 9.39. The van der Waals surface area contributed by atoms with Crippen LogP contribution in [0.2, 0.25) is 5.02 Å². The fourth-order valence-corrected chi connectivity index (χ4v) is 1.66. The standard InChI is InChI=1S/C14H22ClNO/c1-5-8-16-11(3)12(4)17-13-6-7-14(15)10(2)9-13/h6-7,9,11-12,16H,5,8H2,1-4H3. The molecule has 1 N–H and O–H groups in total. The van der Waals surface area contributed by atoms with Crippen molar-refractivity contribution in [1.82, 2.24) is 5.32 Å². The van der Waals surface area contributed by atoms with Crippen LogP contribution in [0.15, 0.2) is 18.2 Å². The molecule has 1 rings (SSSR count).